The molecular formula is C15H16N2O3. The molecule has 1 aliphatic carbocycles. The van der Waals surface area contributed by atoms with E-state index in [9.17, 15) is 15.0 Å². The highest BCUT2D eigenvalue weighted by Crippen LogP contribution is 2.29. The summed E-state index contributed by atoms with van der Waals surface area (Å²) in [6.45, 7) is 0.750. The fourth-order valence-electron chi connectivity index (χ4n) is 2.61. The average molecular weight is 272 g/mol. The van der Waals surface area contributed by atoms with E-state index < -0.39 is 5.97 Å². The van der Waals surface area contributed by atoms with Gasteiger partial charge in [0.2, 0.25) is 0 Å². The molecule has 104 valence electrons. The van der Waals surface area contributed by atoms with E-state index in [1.165, 1.54) is 6.20 Å². The number of fused-ring (bicyclic) bond motifs is 1. The summed E-state index contributed by atoms with van der Waals surface area (Å²) in [5, 5.41) is 23.2. The minimum atomic E-state index is -0.970. The van der Waals surface area contributed by atoms with Gasteiger partial charge in [0.15, 0.2) is 0 Å². The first-order valence-corrected chi connectivity index (χ1v) is 6.68. The predicted molar refractivity (Wildman–Crippen MR) is 75.9 cm³/mol. The molecule has 0 saturated heterocycles. The van der Waals surface area contributed by atoms with Crippen LogP contribution in [0.25, 0.3) is 10.8 Å². The smallest absolute Gasteiger partial charge is 0.337 e. The van der Waals surface area contributed by atoms with Crippen LogP contribution in [0.1, 0.15) is 23.2 Å². The zero-order chi connectivity index (χ0) is 14.1. The third-order valence-electron chi connectivity index (χ3n) is 3.79. The first kappa shape index (κ1) is 12.9. The van der Waals surface area contributed by atoms with E-state index >= 15 is 0 Å². The molecule has 1 heterocycles. The third-order valence-corrected chi connectivity index (χ3v) is 3.79. The van der Waals surface area contributed by atoms with Gasteiger partial charge in [0.1, 0.15) is 5.82 Å². The van der Waals surface area contributed by atoms with Gasteiger partial charge < -0.3 is 15.5 Å². The van der Waals surface area contributed by atoms with Crippen LogP contribution in [-0.4, -0.2) is 33.8 Å². The number of aromatic carboxylic acids is 1. The van der Waals surface area contributed by atoms with Crippen molar-refractivity contribution in [3.8, 4) is 0 Å². The number of carbonyl (C=O) groups is 1. The number of aromatic nitrogens is 1. The number of hydrogen-bond donors (Lipinski definition) is 3. The number of aliphatic hydroxyl groups is 1. The largest absolute Gasteiger partial charge is 0.478 e. The summed E-state index contributed by atoms with van der Waals surface area (Å²) < 4.78 is 0. The van der Waals surface area contributed by atoms with Crippen LogP contribution in [0.4, 0.5) is 5.82 Å². The molecule has 3 N–H and O–H groups in total. The molecule has 1 saturated carbocycles. The van der Waals surface area contributed by atoms with E-state index in [0.717, 1.165) is 24.8 Å². The molecular weight excluding hydrogens is 256 g/mol. The Hall–Kier alpha value is -2.14. The van der Waals surface area contributed by atoms with Gasteiger partial charge in [-0.1, -0.05) is 24.3 Å². The Kier molecular flexibility index (Phi) is 3.28. The maximum Gasteiger partial charge on any atom is 0.337 e. The van der Waals surface area contributed by atoms with E-state index in [-0.39, 0.29) is 11.7 Å². The molecule has 3 rings (SSSR count). The van der Waals surface area contributed by atoms with Crippen LogP contribution >= 0.6 is 0 Å². The Labute approximate surface area is 116 Å². The highest BCUT2D eigenvalue weighted by atomic mass is 16.4. The number of anilines is 1. The lowest BCUT2D eigenvalue weighted by Crippen LogP contribution is -2.33. The number of carboxylic acids is 1. The molecule has 5 heteroatoms. The lowest BCUT2D eigenvalue weighted by atomic mass is 9.82. The second-order valence-electron chi connectivity index (χ2n) is 5.24. The molecule has 1 aliphatic rings. The van der Waals surface area contributed by atoms with Crippen molar-refractivity contribution in [2.75, 3.05) is 11.9 Å². The van der Waals surface area contributed by atoms with Gasteiger partial charge in [0, 0.05) is 23.5 Å². The molecule has 0 spiro atoms. The summed E-state index contributed by atoms with van der Waals surface area (Å²) in [7, 11) is 0. The van der Waals surface area contributed by atoms with E-state index in [0.29, 0.717) is 17.1 Å². The van der Waals surface area contributed by atoms with Crippen LogP contribution in [0.5, 0.6) is 0 Å². The molecule has 5 nitrogen and oxygen atoms in total. The number of hydrogen-bond acceptors (Lipinski definition) is 4. The summed E-state index contributed by atoms with van der Waals surface area (Å²) in [4.78, 5) is 15.4. The zero-order valence-corrected chi connectivity index (χ0v) is 10.9. The molecule has 20 heavy (non-hydrogen) atoms. The second kappa shape index (κ2) is 5.09. The predicted octanol–water partition coefficient (Wildman–Crippen LogP) is 2.12. The highest BCUT2D eigenvalue weighted by molar-refractivity contribution is 6.06. The van der Waals surface area contributed by atoms with Crippen molar-refractivity contribution in [2.24, 2.45) is 5.92 Å². The molecule has 2 aromatic rings. The average Bonchev–Trinajstić information content (AvgIpc) is 2.41. The van der Waals surface area contributed by atoms with Gasteiger partial charge in [-0.05, 0) is 18.8 Å². The first-order chi connectivity index (χ1) is 9.65. The van der Waals surface area contributed by atoms with E-state index in [1.807, 2.05) is 18.2 Å². The lowest BCUT2D eigenvalue weighted by molar-refractivity contribution is 0.0486. The quantitative estimate of drug-likeness (QED) is 0.794. The summed E-state index contributed by atoms with van der Waals surface area (Å²) in [5.74, 6) is 0.194. The number of benzene rings is 1. The van der Waals surface area contributed by atoms with Gasteiger partial charge in [-0.3, -0.25) is 0 Å². The standard InChI is InChI=1S/C15H16N2O3/c18-10-5-9(6-10)7-16-14-12-4-2-1-3-11(12)13(8-17-14)15(19)20/h1-4,8-10,18H,5-7H2,(H,16,17)(H,19,20). The molecule has 0 bridgehead atoms. The fourth-order valence-corrected chi connectivity index (χ4v) is 2.61. The van der Waals surface area contributed by atoms with Gasteiger partial charge in [0.05, 0.1) is 11.7 Å². The van der Waals surface area contributed by atoms with Gasteiger partial charge in [-0.2, -0.15) is 0 Å². The molecule has 0 radical (unpaired) electrons. The van der Waals surface area contributed by atoms with E-state index in [4.69, 9.17) is 0 Å². The number of pyridine rings is 1. The van der Waals surface area contributed by atoms with Crippen LogP contribution in [0.15, 0.2) is 30.5 Å². The number of nitrogens with zero attached hydrogens (tertiary/aromatic N) is 1. The minimum absolute atomic E-state index is 0.166. The van der Waals surface area contributed by atoms with Crippen molar-refractivity contribution in [1.29, 1.82) is 0 Å². The number of rotatable bonds is 4. The fraction of sp³-hybridized carbons (Fsp3) is 0.333. The number of nitrogens with one attached hydrogen (secondary N) is 1. The van der Waals surface area contributed by atoms with Gasteiger partial charge in [-0.15, -0.1) is 0 Å². The molecule has 0 amide bonds. The normalized spacial score (nSPS) is 21.4. The van der Waals surface area contributed by atoms with Crippen LogP contribution in [0, 0.1) is 5.92 Å². The van der Waals surface area contributed by atoms with Crippen molar-refractivity contribution < 1.29 is 15.0 Å². The Morgan fingerprint density at radius 3 is 2.65 bits per heavy atom. The number of carboxylic acid groups (broad SMARTS) is 1. The Morgan fingerprint density at radius 1 is 1.30 bits per heavy atom. The van der Waals surface area contributed by atoms with Gasteiger partial charge in [0.25, 0.3) is 0 Å². The van der Waals surface area contributed by atoms with E-state index in [2.05, 4.69) is 10.3 Å². The molecule has 0 unspecified atom stereocenters. The minimum Gasteiger partial charge on any atom is -0.478 e. The Balaban J connectivity index is 1.88. The molecule has 1 fully saturated rings. The summed E-state index contributed by atoms with van der Waals surface area (Å²) >= 11 is 0. The summed E-state index contributed by atoms with van der Waals surface area (Å²) in [5.41, 5.74) is 0.213. The summed E-state index contributed by atoms with van der Waals surface area (Å²) in [6, 6.07) is 7.35. The maximum atomic E-state index is 11.2. The van der Waals surface area contributed by atoms with Crippen molar-refractivity contribution >= 4 is 22.6 Å². The monoisotopic (exact) mass is 272 g/mol. The van der Waals surface area contributed by atoms with Crippen LogP contribution < -0.4 is 5.32 Å². The number of aliphatic hydroxyl groups excluding tert-OH is 1. The van der Waals surface area contributed by atoms with Gasteiger partial charge >= 0.3 is 5.97 Å². The van der Waals surface area contributed by atoms with Crippen molar-refractivity contribution in [3.05, 3.63) is 36.0 Å². The molecule has 0 atom stereocenters. The lowest BCUT2D eigenvalue weighted by Gasteiger charge is -2.31. The van der Waals surface area contributed by atoms with Crippen molar-refractivity contribution in [2.45, 2.75) is 18.9 Å². The van der Waals surface area contributed by atoms with Crippen molar-refractivity contribution in [3.63, 3.8) is 0 Å². The molecule has 1 aromatic heterocycles. The first-order valence-electron chi connectivity index (χ1n) is 6.68. The van der Waals surface area contributed by atoms with E-state index in [1.54, 1.807) is 6.07 Å². The zero-order valence-electron chi connectivity index (χ0n) is 10.9. The Morgan fingerprint density at radius 2 is 2.00 bits per heavy atom. The maximum absolute atomic E-state index is 11.2. The van der Waals surface area contributed by atoms with Crippen LogP contribution in [0.2, 0.25) is 0 Å². The van der Waals surface area contributed by atoms with Crippen molar-refractivity contribution in [1.82, 2.24) is 4.98 Å². The second-order valence-corrected chi connectivity index (χ2v) is 5.24. The third kappa shape index (κ3) is 2.32. The summed E-state index contributed by atoms with van der Waals surface area (Å²) in [6.07, 6.45) is 2.86. The van der Waals surface area contributed by atoms with Crippen LogP contribution in [-0.2, 0) is 0 Å². The molecule has 0 aliphatic heterocycles. The topological polar surface area (TPSA) is 82.5 Å². The van der Waals surface area contributed by atoms with Gasteiger partial charge in [-0.25, -0.2) is 9.78 Å². The molecule has 1 aromatic carbocycles. The van der Waals surface area contributed by atoms with Crippen LogP contribution in [0.3, 0.4) is 0 Å². The highest BCUT2D eigenvalue weighted by Gasteiger charge is 2.26. The SMILES string of the molecule is O=C(O)c1cnc(NCC2CC(O)C2)c2ccccc12. The Bertz CT molecular complexity index is 651.